The van der Waals surface area contributed by atoms with Gasteiger partial charge in [-0.3, -0.25) is 9.59 Å². The lowest BCUT2D eigenvalue weighted by atomic mass is 9.68. The average molecular weight is 292 g/mol. The Kier molecular flexibility index (Phi) is 2.94. The van der Waals surface area contributed by atoms with Gasteiger partial charge in [-0.15, -0.1) is 0 Å². The molecule has 2 aliphatic carbocycles. The summed E-state index contributed by atoms with van der Waals surface area (Å²) in [6.45, 7) is 4.11. The third-order valence-corrected chi connectivity index (χ3v) is 5.64. The highest BCUT2D eigenvalue weighted by Gasteiger charge is 2.68. The van der Waals surface area contributed by atoms with Crippen molar-refractivity contribution < 1.29 is 9.59 Å². The number of halogens is 1. The summed E-state index contributed by atoms with van der Waals surface area (Å²) < 4.78 is 0. The van der Waals surface area contributed by atoms with E-state index in [1.54, 1.807) is 24.3 Å². The van der Waals surface area contributed by atoms with Crippen LogP contribution in [0.4, 0.5) is 5.69 Å². The fourth-order valence-corrected chi connectivity index (χ4v) is 4.11. The zero-order valence-electron chi connectivity index (χ0n) is 11.7. The third-order valence-electron chi connectivity index (χ3n) is 5.39. The molecule has 3 nitrogen and oxygen atoms in total. The predicted octanol–water partition coefficient (Wildman–Crippen LogP) is 3.67. The van der Waals surface area contributed by atoms with Gasteiger partial charge in [-0.05, 0) is 48.4 Å². The van der Waals surface area contributed by atoms with E-state index >= 15 is 0 Å². The molecule has 1 amide bonds. The third kappa shape index (κ3) is 1.65. The van der Waals surface area contributed by atoms with Crippen LogP contribution in [-0.4, -0.2) is 11.7 Å². The molecule has 0 aliphatic heterocycles. The van der Waals surface area contributed by atoms with Gasteiger partial charge < -0.3 is 5.32 Å². The maximum atomic E-state index is 12.7. The maximum Gasteiger partial charge on any atom is 0.238 e. The fourth-order valence-electron chi connectivity index (χ4n) is 3.98. The first-order valence-corrected chi connectivity index (χ1v) is 7.36. The van der Waals surface area contributed by atoms with Gasteiger partial charge >= 0.3 is 0 Å². The number of hydrogen-bond acceptors (Lipinski definition) is 2. The zero-order valence-corrected chi connectivity index (χ0v) is 12.5. The number of ketones is 1. The zero-order chi connectivity index (χ0) is 14.5. The van der Waals surface area contributed by atoms with E-state index in [0.29, 0.717) is 29.5 Å². The average Bonchev–Trinajstić information content (AvgIpc) is 2.76. The van der Waals surface area contributed by atoms with Crippen LogP contribution in [0.1, 0.15) is 33.1 Å². The Morgan fingerprint density at radius 3 is 2.45 bits per heavy atom. The number of Topliss-reactive ketones (excluding diaryl/α,β-unsaturated/α-hetero) is 1. The molecule has 0 saturated heterocycles. The summed E-state index contributed by atoms with van der Waals surface area (Å²) in [6.07, 6.45) is 2.18. The first kappa shape index (κ1) is 13.6. The Morgan fingerprint density at radius 2 is 1.95 bits per heavy atom. The normalized spacial score (nSPS) is 30.6. The van der Waals surface area contributed by atoms with Crippen molar-refractivity contribution in [2.45, 2.75) is 33.1 Å². The molecule has 0 radical (unpaired) electrons. The van der Waals surface area contributed by atoms with E-state index in [-0.39, 0.29) is 17.1 Å². The number of amides is 1. The van der Waals surface area contributed by atoms with Gasteiger partial charge in [0.2, 0.25) is 5.91 Å². The van der Waals surface area contributed by atoms with Crippen molar-refractivity contribution in [3.63, 3.8) is 0 Å². The lowest BCUT2D eigenvalue weighted by Crippen LogP contribution is -2.46. The molecule has 2 atom stereocenters. The second-order valence-corrected chi connectivity index (χ2v) is 6.89. The largest absolute Gasteiger partial charge is 0.325 e. The highest BCUT2D eigenvalue weighted by atomic mass is 35.5. The molecule has 0 spiro atoms. The van der Waals surface area contributed by atoms with E-state index < -0.39 is 5.41 Å². The van der Waals surface area contributed by atoms with Crippen LogP contribution in [0.15, 0.2) is 24.3 Å². The van der Waals surface area contributed by atoms with Crippen LogP contribution in [0.25, 0.3) is 0 Å². The summed E-state index contributed by atoms with van der Waals surface area (Å²) >= 11 is 5.84. The maximum absolute atomic E-state index is 12.7. The number of anilines is 1. The van der Waals surface area contributed by atoms with Gasteiger partial charge in [0.15, 0.2) is 0 Å². The van der Waals surface area contributed by atoms with Crippen molar-refractivity contribution in [2.24, 2.45) is 16.7 Å². The van der Waals surface area contributed by atoms with Crippen LogP contribution in [0.3, 0.4) is 0 Å². The number of fused-ring (bicyclic) bond motifs is 2. The second-order valence-electron chi connectivity index (χ2n) is 6.45. The number of benzene rings is 1. The molecule has 2 fully saturated rings. The molecule has 1 aromatic carbocycles. The summed E-state index contributed by atoms with van der Waals surface area (Å²) in [5.74, 6) is 0.283. The molecule has 2 saturated carbocycles. The molecule has 2 unspecified atom stereocenters. The summed E-state index contributed by atoms with van der Waals surface area (Å²) in [4.78, 5) is 25.1. The highest BCUT2D eigenvalue weighted by molar-refractivity contribution is 6.30. The van der Waals surface area contributed by atoms with Crippen molar-refractivity contribution in [1.29, 1.82) is 0 Å². The van der Waals surface area contributed by atoms with Gasteiger partial charge in [0, 0.05) is 17.1 Å². The quantitative estimate of drug-likeness (QED) is 0.845. The lowest BCUT2D eigenvalue weighted by Gasteiger charge is -2.34. The van der Waals surface area contributed by atoms with Gasteiger partial charge in [0.25, 0.3) is 0 Å². The van der Waals surface area contributed by atoms with E-state index in [9.17, 15) is 9.59 Å². The Bertz CT molecular complexity index is 579. The fraction of sp³-hybridized carbons (Fsp3) is 0.500. The molecule has 106 valence electrons. The van der Waals surface area contributed by atoms with Crippen molar-refractivity contribution in [1.82, 2.24) is 0 Å². The topological polar surface area (TPSA) is 46.2 Å². The van der Waals surface area contributed by atoms with Crippen molar-refractivity contribution in [3.05, 3.63) is 29.3 Å². The molecule has 1 N–H and O–H groups in total. The summed E-state index contributed by atoms with van der Waals surface area (Å²) in [7, 11) is 0. The van der Waals surface area contributed by atoms with Crippen LogP contribution in [0, 0.1) is 16.7 Å². The number of hydrogen-bond donors (Lipinski definition) is 1. The minimum absolute atomic E-state index is 0.102. The summed E-state index contributed by atoms with van der Waals surface area (Å²) in [6, 6.07) is 6.98. The molecule has 3 rings (SSSR count). The summed E-state index contributed by atoms with van der Waals surface area (Å²) in [5, 5.41) is 3.52. The van der Waals surface area contributed by atoms with Gasteiger partial charge in [-0.2, -0.15) is 0 Å². The Hall–Kier alpha value is -1.35. The van der Waals surface area contributed by atoms with E-state index in [4.69, 9.17) is 11.6 Å². The van der Waals surface area contributed by atoms with Gasteiger partial charge in [-0.1, -0.05) is 25.4 Å². The van der Waals surface area contributed by atoms with E-state index in [1.807, 2.05) is 0 Å². The summed E-state index contributed by atoms with van der Waals surface area (Å²) in [5.41, 5.74) is -0.412. The van der Waals surface area contributed by atoms with Crippen LogP contribution in [0.5, 0.6) is 0 Å². The van der Waals surface area contributed by atoms with Crippen molar-refractivity contribution in [2.75, 3.05) is 5.32 Å². The SMILES string of the molecule is CC1(C)C2CCC1(C(=O)Nc1ccc(Cl)cc1)C(=O)C2. The van der Waals surface area contributed by atoms with Crippen molar-refractivity contribution in [3.8, 4) is 0 Å². The standard InChI is InChI=1S/C16H18ClNO2/c1-15(2)10-7-8-16(15,13(19)9-10)14(20)18-12-5-3-11(17)4-6-12/h3-6,10H,7-9H2,1-2H3,(H,18,20). The van der Waals surface area contributed by atoms with Crippen LogP contribution in [0.2, 0.25) is 5.02 Å². The molecular formula is C16H18ClNO2. The monoisotopic (exact) mass is 291 g/mol. The number of carbonyl (C=O) groups excluding carboxylic acids is 2. The first-order valence-electron chi connectivity index (χ1n) is 6.98. The predicted molar refractivity (Wildman–Crippen MR) is 78.6 cm³/mol. The number of nitrogens with one attached hydrogen (secondary N) is 1. The second kappa shape index (κ2) is 4.32. The van der Waals surface area contributed by atoms with Gasteiger partial charge in [0.1, 0.15) is 11.2 Å². The molecule has 0 aromatic heterocycles. The molecule has 1 aromatic rings. The molecule has 0 heterocycles. The lowest BCUT2D eigenvalue weighted by molar-refractivity contribution is -0.141. The van der Waals surface area contributed by atoms with Crippen LogP contribution >= 0.6 is 11.6 Å². The molecule has 4 heteroatoms. The molecule has 20 heavy (non-hydrogen) atoms. The number of carbonyl (C=O) groups is 2. The number of rotatable bonds is 2. The van der Waals surface area contributed by atoms with E-state index in [2.05, 4.69) is 19.2 Å². The molecule has 2 bridgehead atoms. The van der Waals surface area contributed by atoms with E-state index in [0.717, 1.165) is 6.42 Å². The molecule has 2 aliphatic rings. The smallest absolute Gasteiger partial charge is 0.238 e. The van der Waals surface area contributed by atoms with Crippen LogP contribution in [-0.2, 0) is 9.59 Å². The van der Waals surface area contributed by atoms with Gasteiger partial charge in [0.05, 0.1) is 0 Å². The van der Waals surface area contributed by atoms with Gasteiger partial charge in [-0.25, -0.2) is 0 Å². The van der Waals surface area contributed by atoms with Crippen molar-refractivity contribution >= 4 is 29.0 Å². The van der Waals surface area contributed by atoms with E-state index in [1.165, 1.54) is 0 Å². The molecular weight excluding hydrogens is 274 g/mol. The first-order chi connectivity index (χ1) is 9.38. The highest BCUT2D eigenvalue weighted by Crippen LogP contribution is 2.64. The Labute approximate surface area is 123 Å². The van der Waals surface area contributed by atoms with Crippen LogP contribution < -0.4 is 5.32 Å². The Balaban J connectivity index is 1.90. The Morgan fingerprint density at radius 1 is 1.30 bits per heavy atom. The minimum atomic E-state index is -0.850. The minimum Gasteiger partial charge on any atom is -0.325 e.